The van der Waals surface area contributed by atoms with Crippen molar-refractivity contribution in [1.29, 1.82) is 0 Å². The molecule has 0 rings (SSSR count). The quantitative estimate of drug-likeness (QED) is 0.600. The van der Waals surface area contributed by atoms with Crippen LogP contribution in [-0.4, -0.2) is 31.4 Å². The van der Waals surface area contributed by atoms with Crippen molar-refractivity contribution in [2.75, 3.05) is 20.6 Å². The van der Waals surface area contributed by atoms with Gasteiger partial charge in [-0.3, -0.25) is 4.79 Å². The summed E-state index contributed by atoms with van der Waals surface area (Å²) in [6, 6.07) is 0. The van der Waals surface area contributed by atoms with Gasteiger partial charge in [0.05, 0.1) is 0 Å². The summed E-state index contributed by atoms with van der Waals surface area (Å²) in [5.41, 5.74) is 5.63. The lowest BCUT2D eigenvalue weighted by molar-refractivity contribution is -0.114. The topological polar surface area (TPSA) is 46.3 Å². The number of likely N-dealkylation sites (N-methyl/N-ethyl adjacent to an activating group) is 1. The zero-order valence-electron chi connectivity index (χ0n) is 10.8. The fourth-order valence-corrected chi connectivity index (χ4v) is 0.720. The fourth-order valence-electron chi connectivity index (χ4n) is 0.720. The molecule has 0 spiro atoms. The van der Waals surface area contributed by atoms with E-state index in [4.69, 9.17) is 5.73 Å². The van der Waals surface area contributed by atoms with E-state index in [1.165, 1.54) is 0 Å². The maximum atomic E-state index is 10.4. The highest BCUT2D eigenvalue weighted by Crippen LogP contribution is 1.95. The van der Waals surface area contributed by atoms with Gasteiger partial charge in [-0.15, -0.1) is 19.0 Å². The van der Waals surface area contributed by atoms with Crippen LogP contribution in [0.25, 0.3) is 0 Å². The first-order chi connectivity index (χ1) is 6.95. The van der Waals surface area contributed by atoms with Crippen LogP contribution in [0.1, 0.15) is 26.7 Å². The van der Waals surface area contributed by atoms with E-state index >= 15 is 0 Å². The molecule has 0 radical (unpaired) electrons. The number of allylic oxidation sites excluding steroid dienone is 1. The molecule has 0 aliphatic rings. The standard InChI is InChI=1S/C7H13NO.C5H11N.ClH/c1-3-4-5-6(2)7(8)9;1-4-5-6(2)3;/h5H,3-4H2,1-2H3,(H2,8,9);4H,1,5H2,2-3H3;1H. The van der Waals surface area contributed by atoms with E-state index in [0.717, 1.165) is 19.4 Å². The number of unbranched alkanes of at least 4 members (excludes halogenated alkanes) is 1. The molecular weight excluding hydrogens is 224 g/mol. The highest BCUT2D eigenvalue weighted by atomic mass is 35.5. The first-order valence-corrected chi connectivity index (χ1v) is 5.17. The number of hydrogen-bond acceptors (Lipinski definition) is 2. The number of nitrogens with two attached hydrogens (primary N) is 1. The maximum Gasteiger partial charge on any atom is 0.244 e. The second-order valence-electron chi connectivity index (χ2n) is 3.59. The van der Waals surface area contributed by atoms with Gasteiger partial charge in [-0.2, -0.15) is 0 Å². The van der Waals surface area contributed by atoms with Gasteiger partial charge in [0.15, 0.2) is 0 Å². The predicted molar refractivity (Wildman–Crippen MR) is 73.9 cm³/mol. The first-order valence-electron chi connectivity index (χ1n) is 5.17. The summed E-state index contributed by atoms with van der Waals surface area (Å²) in [5.74, 6) is -0.316. The van der Waals surface area contributed by atoms with E-state index < -0.39 is 0 Å². The average Bonchev–Trinajstić information content (AvgIpc) is 2.14. The lowest BCUT2D eigenvalue weighted by atomic mass is 10.2. The molecular formula is C12H25ClN2O. The molecule has 3 nitrogen and oxygen atoms in total. The van der Waals surface area contributed by atoms with Gasteiger partial charge >= 0.3 is 0 Å². The zero-order valence-corrected chi connectivity index (χ0v) is 11.6. The predicted octanol–water partition coefficient (Wildman–Crippen LogP) is 2.37. The number of rotatable bonds is 5. The summed E-state index contributed by atoms with van der Waals surface area (Å²) in [4.78, 5) is 12.4. The summed E-state index contributed by atoms with van der Waals surface area (Å²) in [7, 11) is 4.03. The number of hydrogen-bond donors (Lipinski definition) is 1. The molecule has 0 bridgehead atoms. The second kappa shape index (κ2) is 14.2. The molecule has 96 valence electrons. The van der Waals surface area contributed by atoms with Gasteiger partial charge < -0.3 is 10.6 Å². The highest BCUT2D eigenvalue weighted by Gasteiger charge is 1.93. The number of halogens is 1. The van der Waals surface area contributed by atoms with Gasteiger partial charge in [0, 0.05) is 12.1 Å². The Hall–Kier alpha value is -0.800. The normalized spacial score (nSPS) is 9.94. The smallest absolute Gasteiger partial charge is 0.244 e. The molecule has 2 N–H and O–H groups in total. The molecule has 0 atom stereocenters. The van der Waals surface area contributed by atoms with E-state index in [2.05, 4.69) is 18.4 Å². The Morgan fingerprint density at radius 2 is 1.94 bits per heavy atom. The molecule has 0 aromatic carbocycles. The molecule has 0 saturated carbocycles. The van der Waals surface area contributed by atoms with Crippen LogP contribution in [0.5, 0.6) is 0 Å². The molecule has 0 aliphatic carbocycles. The zero-order chi connectivity index (χ0) is 12.3. The highest BCUT2D eigenvalue weighted by molar-refractivity contribution is 5.91. The fraction of sp³-hybridized carbons (Fsp3) is 0.583. The minimum Gasteiger partial charge on any atom is -0.366 e. The third-order valence-corrected chi connectivity index (χ3v) is 1.62. The Labute approximate surface area is 106 Å². The van der Waals surface area contributed by atoms with E-state index in [9.17, 15) is 4.79 Å². The van der Waals surface area contributed by atoms with Crippen LogP contribution in [0.2, 0.25) is 0 Å². The third-order valence-electron chi connectivity index (χ3n) is 1.62. The molecule has 1 amide bonds. The van der Waals surface area contributed by atoms with Crippen LogP contribution in [0.4, 0.5) is 0 Å². The van der Waals surface area contributed by atoms with Crippen LogP contribution in [0.3, 0.4) is 0 Å². The van der Waals surface area contributed by atoms with Crippen LogP contribution < -0.4 is 5.73 Å². The summed E-state index contributed by atoms with van der Waals surface area (Å²) in [6.07, 6.45) is 5.74. The van der Waals surface area contributed by atoms with E-state index in [1.807, 2.05) is 26.2 Å². The van der Waals surface area contributed by atoms with Gasteiger partial charge in [0.25, 0.3) is 0 Å². The Balaban J connectivity index is -0.000000214. The minimum absolute atomic E-state index is 0. The van der Waals surface area contributed by atoms with Crippen molar-refractivity contribution in [2.24, 2.45) is 5.73 Å². The van der Waals surface area contributed by atoms with Crippen molar-refractivity contribution >= 4 is 18.3 Å². The minimum atomic E-state index is -0.316. The SMILES string of the molecule is C=CCN(C)C.CCCC=C(C)C(N)=O.Cl. The lowest BCUT2D eigenvalue weighted by Gasteiger charge is -2.01. The number of carbonyl (C=O) groups excluding carboxylic acids is 1. The Kier molecular flexibility index (Phi) is 18.3. The van der Waals surface area contributed by atoms with E-state index in [-0.39, 0.29) is 18.3 Å². The summed E-state index contributed by atoms with van der Waals surface area (Å²) in [5, 5.41) is 0. The van der Waals surface area contributed by atoms with E-state index in [0.29, 0.717) is 5.57 Å². The molecule has 0 aromatic heterocycles. The largest absolute Gasteiger partial charge is 0.366 e. The molecule has 0 aromatic rings. The Bertz CT molecular complexity index is 213. The van der Waals surface area contributed by atoms with Crippen molar-refractivity contribution in [2.45, 2.75) is 26.7 Å². The molecule has 16 heavy (non-hydrogen) atoms. The van der Waals surface area contributed by atoms with E-state index in [1.54, 1.807) is 6.92 Å². The van der Waals surface area contributed by atoms with Crippen molar-refractivity contribution in [3.63, 3.8) is 0 Å². The van der Waals surface area contributed by atoms with Crippen LogP contribution >= 0.6 is 12.4 Å². The van der Waals surface area contributed by atoms with Crippen LogP contribution in [0, 0.1) is 0 Å². The van der Waals surface area contributed by atoms with Crippen molar-refractivity contribution in [3.8, 4) is 0 Å². The van der Waals surface area contributed by atoms with Gasteiger partial charge in [-0.05, 0) is 27.4 Å². The number of nitrogens with zero attached hydrogens (tertiary/aromatic N) is 1. The number of amides is 1. The second-order valence-corrected chi connectivity index (χ2v) is 3.59. The Morgan fingerprint density at radius 1 is 1.44 bits per heavy atom. The van der Waals surface area contributed by atoms with Crippen molar-refractivity contribution in [3.05, 3.63) is 24.3 Å². The number of primary amides is 1. The first kappa shape index (κ1) is 20.6. The Morgan fingerprint density at radius 3 is 2.12 bits per heavy atom. The summed E-state index contributed by atoms with van der Waals surface area (Å²) >= 11 is 0. The molecule has 0 saturated heterocycles. The molecule has 4 heteroatoms. The molecule has 0 unspecified atom stereocenters. The van der Waals surface area contributed by atoms with Crippen molar-refractivity contribution in [1.82, 2.24) is 4.90 Å². The lowest BCUT2D eigenvalue weighted by Crippen LogP contribution is -2.11. The average molecular weight is 249 g/mol. The molecule has 0 aliphatic heterocycles. The molecule has 0 fully saturated rings. The van der Waals surface area contributed by atoms with Gasteiger partial charge in [-0.25, -0.2) is 0 Å². The monoisotopic (exact) mass is 248 g/mol. The molecule has 0 heterocycles. The van der Waals surface area contributed by atoms with Crippen LogP contribution in [0.15, 0.2) is 24.3 Å². The van der Waals surface area contributed by atoms with Crippen molar-refractivity contribution < 1.29 is 4.79 Å². The van der Waals surface area contributed by atoms with Gasteiger partial charge in [-0.1, -0.05) is 25.5 Å². The summed E-state index contributed by atoms with van der Waals surface area (Å²) in [6.45, 7) is 8.33. The summed E-state index contributed by atoms with van der Waals surface area (Å²) < 4.78 is 0. The van der Waals surface area contributed by atoms with Crippen LogP contribution in [-0.2, 0) is 4.79 Å². The van der Waals surface area contributed by atoms with Gasteiger partial charge in [0.2, 0.25) is 5.91 Å². The third kappa shape index (κ3) is 18.9. The van der Waals surface area contributed by atoms with Gasteiger partial charge in [0.1, 0.15) is 0 Å². The number of carbonyl (C=O) groups is 1. The maximum absolute atomic E-state index is 10.4.